The van der Waals surface area contributed by atoms with E-state index in [0.29, 0.717) is 18.7 Å². The Morgan fingerprint density at radius 2 is 1.90 bits per heavy atom. The minimum atomic E-state index is -3.46. The minimum absolute atomic E-state index is 0.0731. The van der Waals surface area contributed by atoms with E-state index in [4.69, 9.17) is 0 Å². The van der Waals surface area contributed by atoms with E-state index in [-0.39, 0.29) is 16.8 Å². The number of nitrogens with zero attached hydrogens (tertiary/aromatic N) is 1. The van der Waals surface area contributed by atoms with Crippen LogP contribution in [0.1, 0.15) is 23.2 Å². The molecule has 1 aromatic rings. The first-order chi connectivity index (χ1) is 9.94. The van der Waals surface area contributed by atoms with Crippen molar-refractivity contribution in [3.63, 3.8) is 0 Å². The maximum atomic E-state index is 12.1. The molecule has 1 aromatic carbocycles. The second-order valence-corrected chi connectivity index (χ2v) is 6.96. The van der Waals surface area contributed by atoms with Crippen LogP contribution in [0, 0.1) is 0 Å². The molecule has 6 nitrogen and oxygen atoms in total. The summed E-state index contributed by atoms with van der Waals surface area (Å²) < 4.78 is 26.7. The molecule has 1 aliphatic rings. The molecule has 2 N–H and O–H groups in total. The Kier molecular flexibility index (Phi) is 4.97. The lowest BCUT2D eigenvalue weighted by Crippen LogP contribution is -2.32. The average molecular weight is 311 g/mol. The summed E-state index contributed by atoms with van der Waals surface area (Å²) in [5, 5.41) is 2.98. The number of carbonyl (C=O) groups excluding carboxylic acids is 1. The Morgan fingerprint density at radius 1 is 1.29 bits per heavy atom. The molecular weight excluding hydrogens is 290 g/mol. The summed E-state index contributed by atoms with van der Waals surface area (Å²) in [6.07, 6.45) is 1.79. The number of benzene rings is 1. The van der Waals surface area contributed by atoms with Gasteiger partial charge >= 0.3 is 0 Å². The van der Waals surface area contributed by atoms with E-state index in [1.165, 1.54) is 12.1 Å². The summed E-state index contributed by atoms with van der Waals surface area (Å²) in [5.74, 6) is -0.121. The fraction of sp³-hybridized carbons (Fsp3) is 0.500. The lowest BCUT2D eigenvalue weighted by Gasteiger charge is -2.17. The molecule has 0 atom stereocenters. The topological polar surface area (TPSA) is 78.5 Å². The van der Waals surface area contributed by atoms with Crippen molar-refractivity contribution in [2.75, 3.05) is 27.2 Å². The molecular formula is C14H21N3O3S. The van der Waals surface area contributed by atoms with Crippen LogP contribution in [-0.2, 0) is 10.0 Å². The Bertz CT molecular complexity index is 594. The Balaban J connectivity index is 2.05. The molecule has 1 saturated carbocycles. The molecule has 7 heteroatoms. The van der Waals surface area contributed by atoms with Crippen LogP contribution >= 0.6 is 0 Å². The van der Waals surface area contributed by atoms with Gasteiger partial charge in [-0.3, -0.25) is 4.79 Å². The van der Waals surface area contributed by atoms with Crippen molar-refractivity contribution in [2.45, 2.75) is 23.8 Å². The van der Waals surface area contributed by atoms with Gasteiger partial charge in [0, 0.05) is 31.7 Å². The van der Waals surface area contributed by atoms with Gasteiger partial charge in [0.2, 0.25) is 10.0 Å². The highest BCUT2D eigenvalue weighted by Crippen LogP contribution is 2.22. The van der Waals surface area contributed by atoms with Gasteiger partial charge in [0.15, 0.2) is 0 Å². The van der Waals surface area contributed by atoms with Gasteiger partial charge in [0.1, 0.15) is 0 Å². The molecule has 2 rings (SSSR count). The number of nitrogens with one attached hydrogen (secondary N) is 2. The highest BCUT2D eigenvalue weighted by atomic mass is 32.2. The quantitative estimate of drug-likeness (QED) is 0.765. The second kappa shape index (κ2) is 6.55. The van der Waals surface area contributed by atoms with Gasteiger partial charge in [-0.2, -0.15) is 0 Å². The molecule has 0 spiro atoms. The molecule has 0 aromatic heterocycles. The standard InChI is InChI=1S/C14H21N3O3S/c1-15-9-10-17(2)14(18)11-3-7-13(8-4-11)21(19,20)16-12-5-6-12/h3-4,7-8,12,15-16H,5-6,9-10H2,1-2H3. The van der Waals surface area contributed by atoms with Crippen LogP contribution in [0.15, 0.2) is 29.2 Å². The van der Waals surface area contributed by atoms with Gasteiger partial charge in [-0.1, -0.05) is 0 Å². The summed E-state index contributed by atoms with van der Waals surface area (Å²) in [7, 11) is 0.0866. The van der Waals surface area contributed by atoms with Gasteiger partial charge in [-0.15, -0.1) is 0 Å². The maximum Gasteiger partial charge on any atom is 0.253 e. The largest absolute Gasteiger partial charge is 0.340 e. The zero-order valence-electron chi connectivity index (χ0n) is 12.3. The third-order valence-electron chi connectivity index (χ3n) is 3.35. The summed E-state index contributed by atoms with van der Waals surface area (Å²) in [6.45, 7) is 1.30. The van der Waals surface area contributed by atoms with E-state index in [0.717, 1.165) is 12.8 Å². The van der Waals surface area contributed by atoms with Crippen molar-refractivity contribution in [3.05, 3.63) is 29.8 Å². The second-order valence-electron chi connectivity index (χ2n) is 5.25. The van der Waals surface area contributed by atoms with E-state index in [2.05, 4.69) is 10.0 Å². The van der Waals surface area contributed by atoms with Crippen LogP contribution in [0.4, 0.5) is 0 Å². The first kappa shape index (κ1) is 15.9. The zero-order chi connectivity index (χ0) is 15.5. The molecule has 0 aliphatic heterocycles. The van der Waals surface area contributed by atoms with E-state index in [1.54, 1.807) is 24.1 Å². The third-order valence-corrected chi connectivity index (χ3v) is 4.89. The number of likely N-dealkylation sites (N-methyl/N-ethyl adjacent to an activating group) is 2. The van der Waals surface area contributed by atoms with Crippen LogP contribution < -0.4 is 10.0 Å². The lowest BCUT2D eigenvalue weighted by molar-refractivity contribution is 0.0796. The Hall–Kier alpha value is -1.44. The normalized spacial score (nSPS) is 15.0. The number of rotatable bonds is 7. The summed E-state index contributed by atoms with van der Waals surface area (Å²) in [6, 6.07) is 6.14. The Labute approximate surface area is 125 Å². The number of amides is 1. The molecule has 116 valence electrons. The van der Waals surface area contributed by atoms with Crippen molar-refractivity contribution in [1.82, 2.24) is 14.9 Å². The molecule has 0 radical (unpaired) electrons. The van der Waals surface area contributed by atoms with Gasteiger partial charge in [0.25, 0.3) is 5.91 Å². The predicted molar refractivity (Wildman–Crippen MR) is 80.7 cm³/mol. The average Bonchev–Trinajstić information content (AvgIpc) is 3.27. The summed E-state index contributed by atoms with van der Waals surface area (Å²) >= 11 is 0. The molecule has 1 fully saturated rings. The third kappa shape index (κ3) is 4.26. The monoisotopic (exact) mass is 311 g/mol. The van der Waals surface area contributed by atoms with Crippen molar-refractivity contribution < 1.29 is 13.2 Å². The first-order valence-corrected chi connectivity index (χ1v) is 8.45. The van der Waals surface area contributed by atoms with Crippen molar-refractivity contribution in [1.29, 1.82) is 0 Å². The highest BCUT2D eigenvalue weighted by molar-refractivity contribution is 7.89. The van der Waals surface area contributed by atoms with Crippen molar-refractivity contribution in [3.8, 4) is 0 Å². The first-order valence-electron chi connectivity index (χ1n) is 6.96. The molecule has 0 saturated heterocycles. The van der Waals surface area contributed by atoms with Crippen LogP contribution in [0.25, 0.3) is 0 Å². The molecule has 0 bridgehead atoms. The van der Waals surface area contributed by atoms with E-state index < -0.39 is 10.0 Å². The molecule has 0 heterocycles. The predicted octanol–water partition coefficient (Wildman–Crippen LogP) is 0.419. The van der Waals surface area contributed by atoms with Crippen LogP contribution in [0.3, 0.4) is 0 Å². The fourth-order valence-corrected chi connectivity index (χ4v) is 3.17. The minimum Gasteiger partial charge on any atom is -0.340 e. The summed E-state index contributed by atoms with van der Waals surface area (Å²) in [4.78, 5) is 13.9. The number of sulfonamides is 1. The van der Waals surface area contributed by atoms with Gasteiger partial charge in [0.05, 0.1) is 4.90 Å². The smallest absolute Gasteiger partial charge is 0.253 e. The number of hydrogen-bond donors (Lipinski definition) is 2. The van der Waals surface area contributed by atoms with Gasteiger partial charge in [-0.25, -0.2) is 13.1 Å². The van der Waals surface area contributed by atoms with Crippen molar-refractivity contribution >= 4 is 15.9 Å². The van der Waals surface area contributed by atoms with Crippen LogP contribution in [0.5, 0.6) is 0 Å². The van der Waals surface area contributed by atoms with Gasteiger partial charge in [-0.05, 0) is 44.2 Å². The highest BCUT2D eigenvalue weighted by Gasteiger charge is 2.28. The van der Waals surface area contributed by atoms with E-state index in [9.17, 15) is 13.2 Å². The fourth-order valence-electron chi connectivity index (χ4n) is 1.87. The Morgan fingerprint density at radius 3 is 2.43 bits per heavy atom. The zero-order valence-corrected chi connectivity index (χ0v) is 13.1. The van der Waals surface area contributed by atoms with Crippen LogP contribution in [-0.4, -0.2) is 52.5 Å². The summed E-state index contributed by atoms with van der Waals surface area (Å²) in [5.41, 5.74) is 0.485. The molecule has 1 amide bonds. The van der Waals surface area contributed by atoms with E-state index in [1.807, 2.05) is 7.05 Å². The van der Waals surface area contributed by atoms with Crippen LogP contribution in [0.2, 0.25) is 0 Å². The number of hydrogen-bond acceptors (Lipinski definition) is 4. The molecule has 0 unspecified atom stereocenters. The van der Waals surface area contributed by atoms with E-state index >= 15 is 0 Å². The van der Waals surface area contributed by atoms with Gasteiger partial charge < -0.3 is 10.2 Å². The lowest BCUT2D eigenvalue weighted by atomic mass is 10.2. The molecule has 21 heavy (non-hydrogen) atoms. The maximum absolute atomic E-state index is 12.1. The molecule has 1 aliphatic carbocycles. The number of carbonyl (C=O) groups is 1. The SMILES string of the molecule is CNCCN(C)C(=O)c1ccc(S(=O)(=O)NC2CC2)cc1. The van der Waals surface area contributed by atoms with Crippen molar-refractivity contribution in [2.24, 2.45) is 0 Å².